The maximum atomic E-state index is 12.3. The standard InChI is InChI=1S/C19H18ClNO5S/c1-2-25-19(24)16-14(11-6-7-11)10-27-17(16)21-15(22)9-26-18(23)12-4-3-5-13(20)8-12/h3-5,8,10-11H,2,6-7,9H2,1H3,(H,21,22). The number of thiophene rings is 1. The number of hydrogen-bond acceptors (Lipinski definition) is 6. The van der Waals surface area contributed by atoms with Crippen LogP contribution in [0.2, 0.25) is 5.02 Å². The van der Waals surface area contributed by atoms with E-state index in [0.717, 1.165) is 18.4 Å². The third-order valence-electron chi connectivity index (χ3n) is 3.96. The number of esters is 2. The van der Waals surface area contributed by atoms with Gasteiger partial charge >= 0.3 is 11.9 Å². The highest BCUT2D eigenvalue weighted by atomic mass is 35.5. The van der Waals surface area contributed by atoms with Crippen molar-refractivity contribution in [2.24, 2.45) is 0 Å². The number of carbonyl (C=O) groups is 3. The fourth-order valence-corrected chi connectivity index (χ4v) is 3.80. The van der Waals surface area contributed by atoms with Gasteiger partial charge in [-0.15, -0.1) is 11.3 Å². The van der Waals surface area contributed by atoms with Gasteiger partial charge in [0.15, 0.2) is 6.61 Å². The fourth-order valence-electron chi connectivity index (χ4n) is 2.56. The summed E-state index contributed by atoms with van der Waals surface area (Å²) >= 11 is 7.10. The Bertz CT molecular complexity index is 875. The molecule has 1 heterocycles. The second-order valence-corrected chi connectivity index (χ2v) is 7.34. The van der Waals surface area contributed by atoms with Gasteiger partial charge in [0.1, 0.15) is 5.00 Å². The lowest BCUT2D eigenvalue weighted by molar-refractivity contribution is -0.119. The van der Waals surface area contributed by atoms with Crippen molar-refractivity contribution in [3.63, 3.8) is 0 Å². The molecule has 1 aromatic carbocycles. The summed E-state index contributed by atoms with van der Waals surface area (Å²) in [5.74, 6) is -1.29. The van der Waals surface area contributed by atoms with Crippen LogP contribution in [-0.4, -0.2) is 31.1 Å². The van der Waals surface area contributed by atoms with Gasteiger partial charge in [-0.05, 0) is 54.8 Å². The summed E-state index contributed by atoms with van der Waals surface area (Å²) in [6, 6.07) is 6.26. The van der Waals surface area contributed by atoms with Gasteiger partial charge in [-0.2, -0.15) is 0 Å². The molecule has 2 aromatic rings. The minimum absolute atomic E-state index is 0.253. The number of halogens is 1. The van der Waals surface area contributed by atoms with E-state index in [1.54, 1.807) is 25.1 Å². The number of ether oxygens (including phenoxy) is 2. The number of rotatable bonds is 7. The first-order chi connectivity index (χ1) is 13.0. The Morgan fingerprint density at radius 2 is 2.00 bits per heavy atom. The van der Waals surface area contributed by atoms with Gasteiger partial charge in [0.05, 0.1) is 17.7 Å². The predicted octanol–water partition coefficient (Wildman–Crippen LogP) is 4.25. The molecule has 0 aliphatic heterocycles. The first-order valence-corrected chi connectivity index (χ1v) is 9.76. The summed E-state index contributed by atoms with van der Waals surface area (Å²) in [7, 11) is 0. The number of carbonyl (C=O) groups excluding carboxylic acids is 3. The largest absolute Gasteiger partial charge is 0.462 e. The van der Waals surface area contributed by atoms with Crippen LogP contribution in [0.1, 0.15) is 52.0 Å². The highest BCUT2D eigenvalue weighted by Gasteiger charge is 2.32. The summed E-state index contributed by atoms with van der Waals surface area (Å²) in [4.78, 5) is 36.4. The lowest BCUT2D eigenvalue weighted by Crippen LogP contribution is -2.22. The maximum absolute atomic E-state index is 12.3. The molecule has 1 saturated carbocycles. The second kappa shape index (κ2) is 8.54. The van der Waals surface area contributed by atoms with Crippen molar-refractivity contribution in [1.82, 2.24) is 0 Å². The molecule has 1 N–H and O–H groups in total. The van der Waals surface area contributed by atoms with Gasteiger partial charge in [0.25, 0.3) is 5.91 Å². The molecule has 1 aliphatic carbocycles. The van der Waals surface area contributed by atoms with E-state index < -0.39 is 24.5 Å². The van der Waals surface area contributed by atoms with E-state index >= 15 is 0 Å². The average Bonchev–Trinajstić information content (AvgIpc) is 3.40. The summed E-state index contributed by atoms with van der Waals surface area (Å²) in [5, 5.41) is 5.34. The van der Waals surface area contributed by atoms with Crippen molar-refractivity contribution in [3.8, 4) is 0 Å². The van der Waals surface area contributed by atoms with Crippen molar-refractivity contribution in [3.05, 3.63) is 51.4 Å². The molecular weight excluding hydrogens is 390 g/mol. The highest BCUT2D eigenvalue weighted by Crippen LogP contribution is 2.46. The number of anilines is 1. The van der Waals surface area contributed by atoms with Crippen LogP contribution in [0, 0.1) is 0 Å². The first-order valence-electron chi connectivity index (χ1n) is 8.50. The minimum Gasteiger partial charge on any atom is -0.462 e. The Morgan fingerprint density at radius 1 is 1.22 bits per heavy atom. The van der Waals surface area contributed by atoms with E-state index in [9.17, 15) is 14.4 Å². The van der Waals surface area contributed by atoms with Crippen molar-refractivity contribution in [2.75, 3.05) is 18.5 Å². The van der Waals surface area contributed by atoms with Crippen LogP contribution in [0.3, 0.4) is 0 Å². The summed E-state index contributed by atoms with van der Waals surface area (Å²) in [5.41, 5.74) is 1.57. The maximum Gasteiger partial charge on any atom is 0.341 e. The molecular formula is C19H18ClNO5S. The van der Waals surface area contributed by atoms with Crippen LogP contribution in [0.15, 0.2) is 29.6 Å². The zero-order chi connectivity index (χ0) is 19.4. The van der Waals surface area contributed by atoms with Gasteiger partial charge in [0, 0.05) is 5.02 Å². The van der Waals surface area contributed by atoms with Gasteiger partial charge in [-0.1, -0.05) is 17.7 Å². The summed E-state index contributed by atoms with van der Waals surface area (Å²) in [6.45, 7) is 1.52. The molecule has 1 fully saturated rings. The van der Waals surface area contributed by atoms with Gasteiger partial charge in [-0.25, -0.2) is 9.59 Å². The van der Waals surface area contributed by atoms with E-state index in [0.29, 0.717) is 21.5 Å². The molecule has 6 nitrogen and oxygen atoms in total. The van der Waals surface area contributed by atoms with Crippen LogP contribution in [0.4, 0.5) is 5.00 Å². The van der Waals surface area contributed by atoms with E-state index in [1.165, 1.54) is 17.4 Å². The van der Waals surface area contributed by atoms with Crippen molar-refractivity contribution in [1.29, 1.82) is 0 Å². The zero-order valence-corrected chi connectivity index (χ0v) is 16.2. The number of nitrogens with one attached hydrogen (secondary N) is 1. The molecule has 27 heavy (non-hydrogen) atoms. The molecule has 3 rings (SSSR count). The molecule has 0 radical (unpaired) electrons. The van der Waals surface area contributed by atoms with Crippen LogP contribution in [-0.2, 0) is 14.3 Å². The normalized spacial score (nSPS) is 13.1. The SMILES string of the molecule is CCOC(=O)c1c(C2CC2)csc1NC(=O)COC(=O)c1cccc(Cl)c1. The fraction of sp³-hybridized carbons (Fsp3) is 0.316. The Labute approximate surface area is 165 Å². The number of benzene rings is 1. The van der Waals surface area contributed by atoms with Gasteiger partial charge < -0.3 is 14.8 Å². The monoisotopic (exact) mass is 407 g/mol. The average molecular weight is 408 g/mol. The second-order valence-electron chi connectivity index (χ2n) is 6.02. The molecule has 0 unspecified atom stereocenters. The van der Waals surface area contributed by atoms with Crippen LogP contribution < -0.4 is 5.32 Å². The van der Waals surface area contributed by atoms with Crippen LogP contribution >= 0.6 is 22.9 Å². The molecule has 1 aromatic heterocycles. The molecule has 0 bridgehead atoms. The predicted molar refractivity (Wildman–Crippen MR) is 103 cm³/mol. The first kappa shape index (κ1) is 19.4. The third-order valence-corrected chi connectivity index (χ3v) is 5.11. The third kappa shape index (κ3) is 4.87. The lowest BCUT2D eigenvalue weighted by Gasteiger charge is -2.09. The van der Waals surface area contributed by atoms with Gasteiger partial charge in [-0.3, -0.25) is 4.79 Å². The number of hydrogen-bond donors (Lipinski definition) is 1. The van der Waals surface area contributed by atoms with E-state index in [4.69, 9.17) is 21.1 Å². The van der Waals surface area contributed by atoms with Crippen molar-refractivity contribution in [2.45, 2.75) is 25.7 Å². The Morgan fingerprint density at radius 3 is 2.67 bits per heavy atom. The number of amides is 1. The summed E-state index contributed by atoms with van der Waals surface area (Å²) < 4.78 is 10.1. The smallest absolute Gasteiger partial charge is 0.341 e. The van der Waals surface area contributed by atoms with Crippen molar-refractivity contribution >= 4 is 45.8 Å². The van der Waals surface area contributed by atoms with Crippen LogP contribution in [0.5, 0.6) is 0 Å². The van der Waals surface area contributed by atoms with E-state index in [2.05, 4.69) is 5.32 Å². The Kier molecular flexibility index (Phi) is 6.13. The molecule has 1 amide bonds. The van der Waals surface area contributed by atoms with Crippen molar-refractivity contribution < 1.29 is 23.9 Å². The molecule has 142 valence electrons. The summed E-state index contributed by atoms with van der Waals surface area (Å²) in [6.07, 6.45) is 2.04. The van der Waals surface area contributed by atoms with Crippen LogP contribution in [0.25, 0.3) is 0 Å². The minimum atomic E-state index is -0.650. The van der Waals surface area contributed by atoms with Gasteiger partial charge in [0.2, 0.25) is 0 Å². The molecule has 0 spiro atoms. The lowest BCUT2D eigenvalue weighted by atomic mass is 10.1. The molecule has 1 aliphatic rings. The quantitative estimate of drug-likeness (QED) is 0.694. The zero-order valence-electron chi connectivity index (χ0n) is 14.6. The highest BCUT2D eigenvalue weighted by molar-refractivity contribution is 7.15. The van der Waals surface area contributed by atoms with E-state index in [-0.39, 0.29) is 12.2 Å². The molecule has 8 heteroatoms. The topological polar surface area (TPSA) is 81.7 Å². The Hall–Kier alpha value is -2.38. The Balaban J connectivity index is 1.64. The molecule has 0 saturated heterocycles. The van der Waals surface area contributed by atoms with E-state index in [1.807, 2.05) is 5.38 Å². The molecule has 0 atom stereocenters.